The Hall–Kier alpha value is -2.20. The van der Waals surface area contributed by atoms with Crippen LogP contribution in [0.15, 0.2) is 0 Å². The predicted molar refractivity (Wildman–Crippen MR) is 82.9 cm³/mol. The van der Waals surface area contributed by atoms with Crippen molar-refractivity contribution in [2.45, 2.75) is 51.2 Å². The van der Waals surface area contributed by atoms with Gasteiger partial charge in [-0.05, 0) is 18.8 Å². The van der Waals surface area contributed by atoms with Gasteiger partial charge in [0.15, 0.2) is 0 Å². The fraction of sp³-hybridized carbons (Fsp3) is 0.714. The second-order valence-corrected chi connectivity index (χ2v) is 5.81. The van der Waals surface area contributed by atoms with Crippen molar-refractivity contribution in [3.8, 4) is 0 Å². The van der Waals surface area contributed by atoms with Gasteiger partial charge in [-0.2, -0.15) is 0 Å². The molecule has 0 aromatic carbocycles. The van der Waals surface area contributed by atoms with Gasteiger partial charge in [-0.3, -0.25) is 14.4 Å². The Bertz CT molecular complexity index is 467. The van der Waals surface area contributed by atoms with E-state index in [1.54, 1.807) is 13.8 Å². The number of nitrogens with one attached hydrogen (secondary N) is 2. The van der Waals surface area contributed by atoms with Crippen molar-refractivity contribution in [3.05, 3.63) is 0 Å². The summed E-state index contributed by atoms with van der Waals surface area (Å²) in [4.78, 5) is 45.6. The first kappa shape index (κ1) is 21.8. The molecule has 3 atom stereocenters. The normalized spacial score (nSPS) is 14.5. The number of aliphatic hydroxyl groups excluding tert-OH is 1. The molecule has 0 bridgehead atoms. The largest absolute Gasteiger partial charge is 0.481 e. The van der Waals surface area contributed by atoms with Crippen molar-refractivity contribution in [2.24, 2.45) is 11.7 Å². The number of carboxylic acids is 2. The summed E-state index contributed by atoms with van der Waals surface area (Å²) >= 11 is 0. The van der Waals surface area contributed by atoms with Crippen molar-refractivity contribution in [1.29, 1.82) is 0 Å². The van der Waals surface area contributed by atoms with Gasteiger partial charge >= 0.3 is 11.9 Å². The van der Waals surface area contributed by atoms with Crippen LogP contribution in [0.2, 0.25) is 0 Å². The van der Waals surface area contributed by atoms with E-state index in [-0.39, 0.29) is 18.8 Å². The van der Waals surface area contributed by atoms with Crippen LogP contribution in [0.3, 0.4) is 0 Å². The number of aliphatic hydroxyl groups is 1. The van der Waals surface area contributed by atoms with E-state index in [1.165, 1.54) is 0 Å². The number of hydrogen-bond acceptors (Lipinski definition) is 6. The molecule has 0 spiro atoms. The molecule has 2 amide bonds. The molecule has 0 saturated carbocycles. The molecular formula is C14H25N3O7. The van der Waals surface area contributed by atoms with Crippen molar-refractivity contribution in [1.82, 2.24) is 10.6 Å². The Morgan fingerprint density at radius 3 is 1.96 bits per heavy atom. The maximum Gasteiger partial charge on any atom is 0.326 e. The summed E-state index contributed by atoms with van der Waals surface area (Å²) in [5.74, 6) is -4.04. The van der Waals surface area contributed by atoms with E-state index in [2.05, 4.69) is 10.6 Å². The first-order chi connectivity index (χ1) is 11.1. The second-order valence-electron chi connectivity index (χ2n) is 5.81. The van der Waals surface area contributed by atoms with Crippen LogP contribution in [-0.4, -0.2) is 63.8 Å². The summed E-state index contributed by atoms with van der Waals surface area (Å²) < 4.78 is 0. The molecule has 0 fully saturated rings. The molecule has 0 aromatic rings. The Morgan fingerprint density at radius 1 is 1.00 bits per heavy atom. The second kappa shape index (κ2) is 10.6. The maximum absolute atomic E-state index is 12.2. The fourth-order valence-electron chi connectivity index (χ4n) is 1.86. The van der Waals surface area contributed by atoms with E-state index in [0.717, 1.165) is 0 Å². The van der Waals surface area contributed by atoms with Crippen LogP contribution in [-0.2, 0) is 19.2 Å². The zero-order valence-corrected chi connectivity index (χ0v) is 13.7. The maximum atomic E-state index is 12.2. The summed E-state index contributed by atoms with van der Waals surface area (Å²) in [5.41, 5.74) is 5.37. The predicted octanol–water partition coefficient (Wildman–Crippen LogP) is -1.73. The summed E-state index contributed by atoms with van der Waals surface area (Å²) in [6.45, 7) is 3.01. The first-order valence-corrected chi connectivity index (χ1v) is 7.50. The van der Waals surface area contributed by atoms with Gasteiger partial charge in [-0.15, -0.1) is 0 Å². The van der Waals surface area contributed by atoms with Crippen LogP contribution in [0, 0.1) is 5.92 Å². The highest BCUT2D eigenvalue weighted by atomic mass is 16.4. The van der Waals surface area contributed by atoms with E-state index in [9.17, 15) is 19.2 Å². The lowest BCUT2D eigenvalue weighted by Crippen LogP contribution is -2.55. The van der Waals surface area contributed by atoms with Gasteiger partial charge in [0.25, 0.3) is 0 Å². The van der Waals surface area contributed by atoms with E-state index in [0.29, 0.717) is 0 Å². The average molecular weight is 347 g/mol. The zero-order valence-electron chi connectivity index (χ0n) is 13.7. The summed E-state index contributed by atoms with van der Waals surface area (Å²) in [6.07, 6.45) is -0.482. The van der Waals surface area contributed by atoms with E-state index >= 15 is 0 Å². The molecule has 0 rings (SSSR count). The molecular weight excluding hydrogens is 322 g/mol. The van der Waals surface area contributed by atoms with Gasteiger partial charge in [0.1, 0.15) is 18.1 Å². The number of rotatable bonds is 11. The third kappa shape index (κ3) is 8.44. The lowest BCUT2D eigenvalue weighted by molar-refractivity contribution is -0.143. The molecule has 0 aliphatic heterocycles. The molecule has 0 radical (unpaired) electrons. The molecule has 0 saturated heterocycles. The number of carboxylic acid groups (broad SMARTS) is 2. The Kier molecular flexibility index (Phi) is 9.58. The van der Waals surface area contributed by atoms with Crippen LogP contribution in [0.1, 0.15) is 33.1 Å². The smallest absolute Gasteiger partial charge is 0.326 e. The molecule has 3 unspecified atom stereocenters. The van der Waals surface area contributed by atoms with Crippen LogP contribution >= 0.6 is 0 Å². The van der Waals surface area contributed by atoms with E-state index in [4.69, 9.17) is 21.1 Å². The number of carbonyl (C=O) groups is 4. The zero-order chi connectivity index (χ0) is 18.9. The lowest BCUT2D eigenvalue weighted by Gasteiger charge is -2.23. The SMILES string of the molecule is CC(C)CC(NC(=O)C(N)CO)C(=O)NC(CCC(=O)O)C(=O)O. The topological polar surface area (TPSA) is 179 Å². The van der Waals surface area contributed by atoms with Gasteiger partial charge in [-0.25, -0.2) is 4.79 Å². The van der Waals surface area contributed by atoms with Crippen LogP contribution in [0.25, 0.3) is 0 Å². The van der Waals surface area contributed by atoms with Crippen molar-refractivity contribution >= 4 is 23.8 Å². The quantitative estimate of drug-likeness (QED) is 0.255. The third-order valence-electron chi connectivity index (χ3n) is 3.14. The minimum atomic E-state index is -1.38. The molecule has 0 aromatic heterocycles. The van der Waals surface area contributed by atoms with Gasteiger partial charge in [0.2, 0.25) is 11.8 Å². The van der Waals surface area contributed by atoms with Crippen LogP contribution in [0.5, 0.6) is 0 Å². The highest BCUT2D eigenvalue weighted by Gasteiger charge is 2.28. The summed E-state index contributed by atoms with van der Waals surface area (Å²) in [6, 6.07) is -3.62. The molecule has 0 aliphatic rings. The highest BCUT2D eigenvalue weighted by Crippen LogP contribution is 2.07. The Morgan fingerprint density at radius 2 is 1.54 bits per heavy atom. The van der Waals surface area contributed by atoms with Crippen molar-refractivity contribution in [2.75, 3.05) is 6.61 Å². The third-order valence-corrected chi connectivity index (χ3v) is 3.14. The highest BCUT2D eigenvalue weighted by molar-refractivity contribution is 5.91. The molecule has 0 heterocycles. The van der Waals surface area contributed by atoms with Crippen LogP contribution in [0.4, 0.5) is 0 Å². The molecule has 7 N–H and O–H groups in total. The number of hydrogen-bond donors (Lipinski definition) is 6. The molecule has 0 aliphatic carbocycles. The molecule has 10 nitrogen and oxygen atoms in total. The van der Waals surface area contributed by atoms with Crippen LogP contribution < -0.4 is 16.4 Å². The summed E-state index contributed by atoms with van der Waals surface area (Å²) in [5, 5.41) is 31.1. The Balaban J connectivity index is 4.97. The minimum absolute atomic E-state index is 0.00805. The molecule has 24 heavy (non-hydrogen) atoms. The van der Waals surface area contributed by atoms with Gasteiger partial charge in [0, 0.05) is 6.42 Å². The number of carbonyl (C=O) groups excluding carboxylic acids is 2. The molecule has 138 valence electrons. The summed E-state index contributed by atoms with van der Waals surface area (Å²) in [7, 11) is 0. The van der Waals surface area contributed by atoms with Crippen molar-refractivity contribution < 1.29 is 34.5 Å². The number of amides is 2. The first-order valence-electron chi connectivity index (χ1n) is 7.50. The van der Waals surface area contributed by atoms with Gasteiger partial charge in [-0.1, -0.05) is 13.8 Å². The van der Waals surface area contributed by atoms with Gasteiger partial charge in [0.05, 0.1) is 6.61 Å². The average Bonchev–Trinajstić information content (AvgIpc) is 2.48. The minimum Gasteiger partial charge on any atom is -0.481 e. The lowest BCUT2D eigenvalue weighted by atomic mass is 10.0. The number of nitrogens with two attached hydrogens (primary N) is 1. The Labute approximate surface area is 139 Å². The van der Waals surface area contributed by atoms with E-state index < -0.39 is 54.9 Å². The van der Waals surface area contributed by atoms with Gasteiger partial charge < -0.3 is 31.7 Å². The molecule has 10 heteroatoms. The number of aliphatic carboxylic acids is 2. The van der Waals surface area contributed by atoms with Crippen molar-refractivity contribution in [3.63, 3.8) is 0 Å². The fourth-order valence-corrected chi connectivity index (χ4v) is 1.86. The monoisotopic (exact) mass is 347 g/mol. The van der Waals surface area contributed by atoms with E-state index in [1.807, 2.05) is 0 Å². The standard InChI is InChI=1S/C14H25N3O7/c1-7(2)5-10(17-12(21)8(15)6-18)13(22)16-9(14(23)24)3-4-11(19)20/h7-10,18H,3-6,15H2,1-2H3,(H,16,22)(H,17,21)(H,19,20)(H,23,24).